The van der Waals surface area contributed by atoms with Gasteiger partial charge >= 0.3 is 5.97 Å². The van der Waals surface area contributed by atoms with Gasteiger partial charge in [0.25, 0.3) is 5.91 Å². The summed E-state index contributed by atoms with van der Waals surface area (Å²) in [6.45, 7) is 6.68. The monoisotopic (exact) mass is 503 g/mol. The number of rotatable bonds is 7. The van der Waals surface area contributed by atoms with Crippen molar-refractivity contribution in [3.05, 3.63) is 46.8 Å². The number of benzene rings is 1. The van der Waals surface area contributed by atoms with Gasteiger partial charge in [0.1, 0.15) is 0 Å². The minimum atomic E-state index is -3.33. The fourth-order valence-corrected chi connectivity index (χ4v) is 5.44. The largest absolute Gasteiger partial charge is 0.462 e. The molecule has 0 bridgehead atoms. The molecule has 1 amide bonds. The van der Waals surface area contributed by atoms with Gasteiger partial charge in [0.05, 0.1) is 34.0 Å². The second kappa shape index (κ2) is 10.1. The molecule has 1 fully saturated rings. The first-order chi connectivity index (χ1) is 16.6. The van der Waals surface area contributed by atoms with E-state index in [1.54, 1.807) is 0 Å². The molecule has 1 N–H and O–H groups in total. The first kappa shape index (κ1) is 25.4. The number of hydrogen-bond donors (Lipinski definition) is 1. The van der Waals surface area contributed by atoms with Crippen molar-refractivity contribution in [3.63, 3.8) is 0 Å². The third-order valence-corrected chi connectivity index (χ3v) is 8.04. The van der Waals surface area contributed by atoms with Crippen molar-refractivity contribution in [1.29, 1.82) is 0 Å². The van der Waals surface area contributed by atoms with Crippen LogP contribution in [-0.2, 0) is 38.7 Å². The highest BCUT2D eigenvalue weighted by Crippen LogP contribution is 2.37. The van der Waals surface area contributed by atoms with Gasteiger partial charge in [0, 0.05) is 38.5 Å². The summed E-state index contributed by atoms with van der Waals surface area (Å²) in [5.41, 5.74) is 2.69. The van der Waals surface area contributed by atoms with Crippen LogP contribution in [0.1, 0.15) is 58.8 Å². The molecule has 1 atom stereocenters. The second-order valence-electron chi connectivity index (χ2n) is 9.78. The second-order valence-corrected chi connectivity index (χ2v) is 11.8. The van der Waals surface area contributed by atoms with Crippen LogP contribution in [0.5, 0.6) is 0 Å². The van der Waals surface area contributed by atoms with Crippen molar-refractivity contribution in [1.82, 2.24) is 15.1 Å². The molecule has 10 heteroatoms. The lowest BCUT2D eigenvalue weighted by molar-refractivity contribution is 0.0151. The summed E-state index contributed by atoms with van der Waals surface area (Å²) in [7, 11) is -3.33. The Morgan fingerprint density at radius 3 is 2.57 bits per heavy atom. The molecule has 1 aromatic carbocycles. The average molecular weight is 504 g/mol. The molecule has 0 aliphatic carbocycles. The number of carbonyl (C=O) groups is 2. The van der Waals surface area contributed by atoms with Crippen LogP contribution in [-0.4, -0.2) is 62.7 Å². The third kappa shape index (κ3) is 5.59. The SMILES string of the molecule is CCc1nn(CC(C)COC(=O)c2ccc(S(C)(=O)=O)cc2)c2c1C(=O)NCC1(CCOCC1)C2. The predicted molar refractivity (Wildman–Crippen MR) is 129 cm³/mol. The number of hydrogen-bond acceptors (Lipinski definition) is 7. The maximum Gasteiger partial charge on any atom is 0.338 e. The molecule has 2 aromatic rings. The normalized spacial score (nSPS) is 18.4. The van der Waals surface area contributed by atoms with Gasteiger partial charge in [0.15, 0.2) is 9.84 Å². The Kier molecular flexibility index (Phi) is 7.32. The highest BCUT2D eigenvalue weighted by Gasteiger charge is 2.39. The molecule has 1 saturated heterocycles. The number of amides is 1. The highest BCUT2D eigenvalue weighted by atomic mass is 32.2. The lowest BCUT2D eigenvalue weighted by Crippen LogP contribution is -2.41. The molecule has 2 aliphatic rings. The number of carbonyl (C=O) groups excluding carboxylic acids is 2. The van der Waals surface area contributed by atoms with Crippen LogP contribution in [0, 0.1) is 11.3 Å². The summed E-state index contributed by atoms with van der Waals surface area (Å²) in [6.07, 6.45) is 4.33. The van der Waals surface area contributed by atoms with E-state index in [-0.39, 0.29) is 28.7 Å². The predicted octanol–water partition coefficient (Wildman–Crippen LogP) is 2.42. The molecule has 3 heterocycles. The summed E-state index contributed by atoms with van der Waals surface area (Å²) in [5.74, 6) is -0.617. The van der Waals surface area contributed by atoms with E-state index in [1.165, 1.54) is 24.3 Å². The van der Waals surface area contributed by atoms with Gasteiger partial charge in [-0.2, -0.15) is 5.10 Å². The third-order valence-electron chi connectivity index (χ3n) is 6.91. The van der Waals surface area contributed by atoms with Crippen LogP contribution in [0.3, 0.4) is 0 Å². The highest BCUT2D eigenvalue weighted by molar-refractivity contribution is 7.90. The van der Waals surface area contributed by atoms with E-state index >= 15 is 0 Å². The van der Waals surface area contributed by atoms with Crippen LogP contribution in [0.25, 0.3) is 0 Å². The molecular weight excluding hydrogens is 470 g/mol. The summed E-state index contributed by atoms with van der Waals surface area (Å²) in [6, 6.07) is 5.71. The van der Waals surface area contributed by atoms with Gasteiger partial charge in [-0.25, -0.2) is 13.2 Å². The number of ether oxygens (including phenoxy) is 2. The smallest absolute Gasteiger partial charge is 0.338 e. The molecule has 1 spiro atoms. The number of nitrogens with zero attached hydrogens (tertiary/aromatic N) is 2. The zero-order valence-corrected chi connectivity index (χ0v) is 21.3. The molecule has 1 unspecified atom stereocenters. The zero-order valence-electron chi connectivity index (χ0n) is 20.5. The van der Waals surface area contributed by atoms with Gasteiger partial charge in [-0.05, 0) is 55.4 Å². The number of sulfone groups is 1. The summed E-state index contributed by atoms with van der Waals surface area (Å²) in [4.78, 5) is 25.6. The van der Waals surface area contributed by atoms with E-state index in [9.17, 15) is 18.0 Å². The van der Waals surface area contributed by atoms with Crippen molar-refractivity contribution < 1.29 is 27.5 Å². The van der Waals surface area contributed by atoms with Crippen LogP contribution < -0.4 is 5.32 Å². The van der Waals surface area contributed by atoms with Crippen molar-refractivity contribution >= 4 is 21.7 Å². The average Bonchev–Trinajstić information content (AvgIpc) is 3.10. The molecule has 1 aromatic heterocycles. The first-order valence-electron chi connectivity index (χ1n) is 12.0. The topological polar surface area (TPSA) is 117 Å². The van der Waals surface area contributed by atoms with Crippen LogP contribution >= 0.6 is 0 Å². The van der Waals surface area contributed by atoms with Crippen molar-refractivity contribution in [2.75, 3.05) is 32.6 Å². The molecular formula is C25H33N3O6S. The Bertz CT molecular complexity index is 1200. The maximum absolute atomic E-state index is 13.0. The van der Waals surface area contributed by atoms with Crippen molar-refractivity contribution in [2.45, 2.75) is 51.0 Å². The summed E-state index contributed by atoms with van der Waals surface area (Å²) in [5, 5.41) is 7.88. The fourth-order valence-electron chi connectivity index (χ4n) is 4.81. The molecule has 190 valence electrons. The van der Waals surface area contributed by atoms with Gasteiger partial charge < -0.3 is 14.8 Å². The number of esters is 1. The number of fused-ring (bicyclic) bond motifs is 1. The quantitative estimate of drug-likeness (QED) is 0.577. The fraction of sp³-hybridized carbons (Fsp3) is 0.560. The Labute approximate surface area is 206 Å². The Morgan fingerprint density at radius 1 is 1.26 bits per heavy atom. The van der Waals surface area contributed by atoms with E-state index in [0.717, 1.165) is 36.9 Å². The minimum absolute atomic E-state index is 0.0320. The van der Waals surface area contributed by atoms with E-state index in [4.69, 9.17) is 14.6 Å². The van der Waals surface area contributed by atoms with Gasteiger partial charge in [-0.1, -0.05) is 13.8 Å². The van der Waals surface area contributed by atoms with Crippen molar-refractivity contribution in [2.24, 2.45) is 11.3 Å². The standard InChI is InChI=1S/C25H33N3O6S/c1-4-20-22-21(13-25(16-26-23(22)29)9-11-33-12-10-25)28(27-20)14-17(2)15-34-24(30)18-5-7-19(8-6-18)35(3,31)32/h5-8,17H,4,9-16H2,1-3H3,(H,26,29). The lowest BCUT2D eigenvalue weighted by atomic mass is 9.76. The zero-order chi connectivity index (χ0) is 25.2. The van der Waals surface area contributed by atoms with Gasteiger partial charge in [-0.15, -0.1) is 0 Å². The summed E-state index contributed by atoms with van der Waals surface area (Å²) < 4.78 is 36.2. The van der Waals surface area contributed by atoms with Gasteiger partial charge in [0.2, 0.25) is 0 Å². The van der Waals surface area contributed by atoms with Crippen LogP contribution in [0.4, 0.5) is 0 Å². The summed E-state index contributed by atoms with van der Waals surface area (Å²) >= 11 is 0. The minimum Gasteiger partial charge on any atom is -0.462 e. The Balaban J connectivity index is 1.46. The molecule has 0 radical (unpaired) electrons. The number of aromatic nitrogens is 2. The first-order valence-corrected chi connectivity index (χ1v) is 13.9. The molecule has 2 aliphatic heterocycles. The van der Waals surface area contributed by atoms with Crippen molar-refractivity contribution in [3.8, 4) is 0 Å². The molecule has 4 rings (SSSR count). The maximum atomic E-state index is 13.0. The van der Waals surface area contributed by atoms with E-state index in [1.807, 2.05) is 18.5 Å². The van der Waals surface area contributed by atoms with E-state index in [0.29, 0.717) is 43.9 Å². The van der Waals surface area contributed by atoms with Gasteiger partial charge in [-0.3, -0.25) is 9.48 Å². The van der Waals surface area contributed by atoms with Crippen LogP contribution in [0.2, 0.25) is 0 Å². The molecule has 9 nitrogen and oxygen atoms in total. The molecule has 35 heavy (non-hydrogen) atoms. The lowest BCUT2D eigenvalue weighted by Gasteiger charge is -2.36. The van der Waals surface area contributed by atoms with Crippen LogP contribution in [0.15, 0.2) is 29.2 Å². The van der Waals surface area contributed by atoms with E-state index in [2.05, 4.69) is 5.32 Å². The Hall–Kier alpha value is -2.72. The number of nitrogens with one attached hydrogen (secondary N) is 1. The van der Waals surface area contributed by atoms with E-state index < -0.39 is 15.8 Å². The molecule has 0 saturated carbocycles. The number of aryl methyl sites for hydroxylation is 1. The Morgan fingerprint density at radius 2 is 1.94 bits per heavy atom.